The van der Waals surface area contributed by atoms with Gasteiger partial charge in [-0.2, -0.15) is 4.99 Å². The first-order chi connectivity index (χ1) is 11.6. The van der Waals surface area contributed by atoms with Crippen molar-refractivity contribution >= 4 is 17.6 Å². The maximum Gasteiger partial charge on any atom is 0.291 e. The molecule has 24 heavy (non-hydrogen) atoms. The molecule has 2 aliphatic rings. The molecule has 3 N–H and O–H groups in total. The lowest BCUT2D eigenvalue weighted by molar-refractivity contribution is -0.125. The molecule has 0 fully saturated rings. The number of amides is 1. The minimum Gasteiger partial charge on any atom is -0.447 e. The quantitative estimate of drug-likeness (QED) is 0.891. The van der Waals surface area contributed by atoms with E-state index in [4.69, 9.17) is 10.5 Å². The van der Waals surface area contributed by atoms with E-state index in [0.29, 0.717) is 11.3 Å². The number of nitrogens with one attached hydrogen (secondary N) is 1. The number of aliphatic imine (C=N–C) groups is 1. The number of carbonyl (C=O) groups is 1. The Morgan fingerprint density at radius 2 is 2.25 bits per heavy atom. The molecule has 2 aromatic rings. The van der Waals surface area contributed by atoms with Crippen molar-refractivity contribution in [3.8, 4) is 0 Å². The molecule has 0 saturated carbocycles. The summed E-state index contributed by atoms with van der Waals surface area (Å²) in [6.07, 6.45) is 0.687. The number of nitrogens with two attached hydrogens (primary N) is 1. The number of aryl methyl sites for hydroxylation is 1. The largest absolute Gasteiger partial charge is 0.447 e. The Bertz CT molecular complexity index is 850. The summed E-state index contributed by atoms with van der Waals surface area (Å²) >= 11 is 0. The van der Waals surface area contributed by atoms with E-state index in [2.05, 4.69) is 16.4 Å². The van der Waals surface area contributed by atoms with Gasteiger partial charge < -0.3 is 15.8 Å². The number of nitrogens with zero attached hydrogens (tertiary/aromatic N) is 1. The van der Waals surface area contributed by atoms with Crippen LogP contribution in [0.5, 0.6) is 0 Å². The summed E-state index contributed by atoms with van der Waals surface area (Å²) in [5.74, 6) is -0.821. The second-order valence-electron chi connectivity index (χ2n) is 5.88. The number of carbonyl (C=O) groups excluding carboxylic acids is 1. The highest BCUT2D eigenvalue weighted by Gasteiger charge is 2.31. The molecular weight excluding hydrogens is 309 g/mol. The smallest absolute Gasteiger partial charge is 0.291 e. The first-order valence-electron chi connectivity index (χ1n) is 7.71. The number of hydrogen-bond donors (Lipinski definition) is 2. The van der Waals surface area contributed by atoms with Crippen molar-refractivity contribution in [2.75, 3.05) is 0 Å². The van der Waals surface area contributed by atoms with Crippen molar-refractivity contribution in [1.82, 2.24) is 5.32 Å². The molecule has 2 aromatic carbocycles. The van der Waals surface area contributed by atoms with Gasteiger partial charge in [0.15, 0.2) is 0 Å². The fourth-order valence-electron chi connectivity index (χ4n) is 3.22. The summed E-state index contributed by atoms with van der Waals surface area (Å²) in [6, 6.07) is 13.0. The molecule has 121 valence electrons. The third kappa shape index (κ3) is 2.50. The lowest BCUT2D eigenvalue weighted by Gasteiger charge is -2.26. The summed E-state index contributed by atoms with van der Waals surface area (Å²) in [6.45, 7) is 0. The monoisotopic (exact) mass is 324 g/mol. The predicted molar refractivity (Wildman–Crippen MR) is 86.0 cm³/mol. The number of rotatable bonds is 2. The average Bonchev–Trinajstić information content (AvgIpc) is 2.96. The summed E-state index contributed by atoms with van der Waals surface area (Å²) in [7, 11) is 0. The van der Waals surface area contributed by atoms with Gasteiger partial charge in [0.1, 0.15) is 5.82 Å². The van der Waals surface area contributed by atoms with Gasteiger partial charge in [0.05, 0.1) is 11.7 Å². The topological polar surface area (TPSA) is 76.7 Å². The van der Waals surface area contributed by atoms with Crippen molar-refractivity contribution in [3.63, 3.8) is 0 Å². The molecule has 2 atom stereocenters. The summed E-state index contributed by atoms with van der Waals surface area (Å²) < 4.78 is 19.0. The molecule has 1 amide bonds. The molecule has 1 radical (unpaired) electrons. The summed E-state index contributed by atoms with van der Waals surface area (Å²) in [4.78, 5) is 16.1. The van der Waals surface area contributed by atoms with Gasteiger partial charge in [-0.25, -0.2) is 4.39 Å². The third-order valence-electron chi connectivity index (χ3n) is 4.34. The highest BCUT2D eigenvalue weighted by atomic mass is 19.1. The van der Waals surface area contributed by atoms with Crippen LogP contribution in [0.25, 0.3) is 0 Å². The minimum atomic E-state index is -0.897. The van der Waals surface area contributed by atoms with Crippen molar-refractivity contribution in [3.05, 3.63) is 65.0 Å². The number of hydrogen-bond acceptors (Lipinski definition) is 4. The highest BCUT2D eigenvalue weighted by Crippen LogP contribution is 2.35. The van der Waals surface area contributed by atoms with E-state index >= 15 is 0 Å². The number of amidine groups is 1. The predicted octanol–water partition coefficient (Wildman–Crippen LogP) is 2.45. The maximum absolute atomic E-state index is 13.3. The van der Waals surface area contributed by atoms with E-state index in [1.807, 2.05) is 0 Å². The number of benzene rings is 2. The van der Waals surface area contributed by atoms with Crippen molar-refractivity contribution in [2.45, 2.75) is 25.0 Å². The van der Waals surface area contributed by atoms with Gasteiger partial charge in [-0.05, 0) is 54.3 Å². The zero-order valence-corrected chi connectivity index (χ0v) is 12.8. The van der Waals surface area contributed by atoms with E-state index in [-0.39, 0.29) is 17.9 Å². The second-order valence-corrected chi connectivity index (χ2v) is 5.88. The lowest BCUT2D eigenvalue weighted by atomic mass is 10.1. The van der Waals surface area contributed by atoms with Crippen LogP contribution in [0.15, 0.2) is 41.4 Å². The Labute approximate surface area is 138 Å². The van der Waals surface area contributed by atoms with Crippen LogP contribution in [0.1, 0.15) is 35.3 Å². The van der Waals surface area contributed by atoms with Gasteiger partial charge in [-0.1, -0.05) is 12.1 Å². The first-order valence-corrected chi connectivity index (χ1v) is 7.71. The van der Waals surface area contributed by atoms with Crippen LogP contribution >= 0.6 is 0 Å². The fourth-order valence-corrected chi connectivity index (χ4v) is 3.22. The summed E-state index contributed by atoms with van der Waals surface area (Å²) in [5.41, 5.74) is 8.67. The number of fused-ring (bicyclic) bond motifs is 2. The molecule has 4 rings (SSSR count). The van der Waals surface area contributed by atoms with E-state index in [1.165, 1.54) is 6.07 Å². The van der Waals surface area contributed by atoms with E-state index in [9.17, 15) is 9.18 Å². The van der Waals surface area contributed by atoms with Crippen molar-refractivity contribution in [2.24, 2.45) is 10.7 Å². The van der Waals surface area contributed by atoms with Crippen LogP contribution < -0.4 is 11.1 Å². The van der Waals surface area contributed by atoms with E-state index in [1.54, 1.807) is 30.3 Å². The molecule has 5 nitrogen and oxygen atoms in total. The van der Waals surface area contributed by atoms with Crippen molar-refractivity contribution in [1.29, 1.82) is 0 Å². The van der Waals surface area contributed by atoms with E-state index < -0.39 is 12.0 Å². The molecule has 0 aromatic heterocycles. The Morgan fingerprint density at radius 1 is 1.38 bits per heavy atom. The molecule has 2 unspecified atom stereocenters. The standard InChI is InChI=1S/C18H15FN3O2/c19-11-6-7-12-10(9-11)5-8-15(12)22-18-21-14-4-2-1-3-13(14)16(24-18)17(20)23/h2-4,6-7,9,15-16H,5,8H2,(H2,20,23)(H,21,22). The lowest BCUT2D eigenvalue weighted by Crippen LogP contribution is -2.36. The first kappa shape index (κ1) is 14.7. The molecule has 1 aliphatic heterocycles. The molecule has 0 bridgehead atoms. The molecule has 0 saturated heterocycles. The van der Waals surface area contributed by atoms with Crippen LogP contribution in [0.4, 0.5) is 10.1 Å². The SMILES string of the molecule is NC(=O)C1OC(NC2CCc3cc(F)ccc32)=Nc2cc[c]cc21. The maximum atomic E-state index is 13.3. The average molecular weight is 324 g/mol. The Hall–Kier alpha value is -2.89. The van der Waals surface area contributed by atoms with Crippen LogP contribution in [-0.4, -0.2) is 11.9 Å². The molecule has 1 aliphatic carbocycles. The van der Waals surface area contributed by atoms with Crippen LogP contribution in [0, 0.1) is 11.9 Å². The third-order valence-corrected chi connectivity index (χ3v) is 4.34. The van der Waals surface area contributed by atoms with Crippen LogP contribution in [-0.2, 0) is 16.0 Å². The zero-order chi connectivity index (χ0) is 16.7. The van der Waals surface area contributed by atoms with Crippen LogP contribution in [0.3, 0.4) is 0 Å². The van der Waals surface area contributed by atoms with Crippen LogP contribution in [0.2, 0.25) is 0 Å². The van der Waals surface area contributed by atoms with Gasteiger partial charge in [0.2, 0.25) is 6.10 Å². The van der Waals surface area contributed by atoms with Gasteiger partial charge in [0, 0.05) is 5.56 Å². The van der Waals surface area contributed by atoms with Gasteiger partial charge in [0.25, 0.3) is 11.9 Å². The Morgan fingerprint density at radius 3 is 3.08 bits per heavy atom. The number of primary amides is 1. The highest BCUT2D eigenvalue weighted by molar-refractivity contribution is 5.89. The van der Waals surface area contributed by atoms with E-state index in [0.717, 1.165) is 24.0 Å². The van der Waals surface area contributed by atoms with Crippen molar-refractivity contribution < 1.29 is 13.9 Å². The Balaban J connectivity index is 1.63. The molecular formula is C18H15FN3O2. The fraction of sp³-hybridized carbons (Fsp3) is 0.222. The van der Waals surface area contributed by atoms with Gasteiger partial charge >= 0.3 is 0 Å². The summed E-state index contributed by atoms with van der Waals surface area (Å²) in [5, 5.41) is 3.21. The van der Waals surface area contributed by atoms with Gasteiger partial charge in [-0.3, -0.25) is 4.79 Å². The Kier molecular flexibility index (Phi) is 3.45. The number of ether oxygens (including phenoxy) is 1. The molecule has 0 spiro atoms. The minimum absolute atomic E-state index is 0.0373. The molecule has 6 heteroatoms. The second kappa shape index (κ2) is 5.63. The van der Waals surface area contributed by atoms with Gasteiger partial charge in [-0.15, -0.1) is 0 Å². The zero-order valence-electron chi connectivity index (χ0n) is 12.8. The number of halogens is 1. The molecule has 1 heterocycles. The normalized spacial score (nSPS) is 21.3.